The molecule has 0 saturated heterocycles. The number of nitrogens with two attached hydrogens (primary N) is 1. The van der Waals surface area contributed by atoms with Crippen molar-refractivity contribution in [1.82, 2.24) is 0 Å². The molecule has 5 heteroatoms. The fourth-order valence-corrected chi connectivity index (χ4v) is 1.85. The molecule has 0 unspecified atom stereocenters. The van der Waals surface area contributed by atoms with Gasteiger partial charge in [-0.15, -0.1) is 0 Å². The van der Waals surface area contributed by atoms with Crippen molar-refractivity contribution in [3.05, 3.63) is 63.4 Å². The molecule has 0 aliphatic heterocycles. The fourth-order valence-electron chi connectivity index (χ4n) is 1.55. The number of anilines is 1. The maximum absolute atomic E-state index is 13.2. The van der Waals surface area contributed by atoms with Crippen LogP contribution in [0.3, 0.4) is 0 Å². The highest BCUT2D eigenvalue weighted by Gasteiger charge is 2.12. The Hall–Kier alpha value is -1.58. The van der Waals surface area contributed by atoms with E-state index in [9.17, 15) is 9.18 Å². The van der Waals surface area contributed by atoms with E-state index in [0.717, 1.165) is 12.1 Å². The Bertz CT molecular complexity index is 608. The van der Waals surface area contributed by atoms with Crippen molar-refractivity contribution in [2.24, 2.45) is 0 Å². The van der Waals surface area contributed by atoms with Crippen LogP contribution < -0.4 is 5.73 Å². The second-order valence-corrected chi connectivity index (χ2v) is 4.55. The van der Waals surface area contributed by atoms with E-state index in [1.165, 1.54) is 24.3 Å². The molecule has 0 fully saturated rings. The van der Waals surface area contributed by atoms with E-state index in [-0.39, 0.29) is 22.1 Å². The van der Waals surface area contributed by atoms with Crippen LogP contribution in [0.15, 0.2) is 36.4 Å². The molecule has 2 aromatic rings. The lowest BCUT2D eigenvalue weighted by Gasteiger charge is -2.04. The largest absolute Gasteiger partial charge is 0.399 e. The van der Waals surface area contributed by atoms with Gasteiger partial charge >= 0.3 is 0 Å². The highest BCUT2D eigenvalue weighted by Crippen LogP contribution is 2.24. The SMILES string of the molecule is Nc1cc(F)cc(C(=O)c2ccc(Cl)c(Cl)c2)c1. The van der Waals surface area contributed by atoms with Gasteiger partial charge in [0.25, 0.3) is 0 Å². The molecule has 92 valence electrons. The van der Waals surface area contributed by atoms with Crippen LogP contribution in [-0.2, 0) is 0 Å². The van der Waals surface area contributed by atoms with Crippen molar-refractivity contribution in [3.8, 4) is 0 Å². The summed E-state index contributed by atoms with van der Waals surface area (Å²) in [6.45, 7) is 0. The van der Waals surface area contributed by atoms with Gasteiger partial charge < -0.3 is 5.73 Å². The molecule has 0 radical (unpaired) electrons. The molecule has 0 aliphatic carbocycles. The second kappa shape index (κ2) is 4.96. The van der Waals surface area contributed by atoms with Gasteiger partial charge in [-0.05, 0) is 36.4 Å². The van der Waals surface area contributed by atoms with Gasteiger partial charge in [0.1, 0.15) is 5.82 Å². The Balaban J connectivity index is 2.44. The first-order chi connectivity index (χ1) is 8.47. The Kier molecular flexibility index (Phi) is 3.55. The molecule has 18 heavy (non-hydrogen) atoms. The minimum Gasteiger partial charge on any atom is -0.399 e. The molecule has 0 atom stereocenters. The van der Waals surface area contributed by atoms with Gasteiger partial charge in [-0.2, -0.15) is 0 Å². The molecule has 0 heterocycles. The Morgan fingerprint density at radius 3 is 2.33 bits per heavy atom. The summed E-state index contributed by atoms with van der Waals surface area (Å²) in [5, 5.41) is 0.624. The number of nitrogen functional groups attached to an aromatic ring is 1. The summed E-state index contributed by atoms with van der Waals surface area (Å²) in [6, 6.07) is 8.16. The zero-order chi connectivity index (χ0) is 13.3. The smallest absolute Gasteiger partial charge is 0.193 e. The number of halogens is 3. The highest BCUT2D eigenvalue weighted by atomic mass is 35.5. The molecular formula is C13H8Cl2FNO. The number of rotatable bonds is 2. The third-order valence-electron chi connectivity index (χ3n) is 2.36. The zero-order valence-corrected chi connectivity index (χ0v) is 10.6. The summed E-state index contributed by atoms with van der Waals surface area (Å²) in [6.07, 6.45) is 0. The van der Waals surface area contributed by atoms with Crippen molar-refractivity contribution in [2.45, 2.75) is 0 Å². The van der Waals surface area contributed by atoms with Crippen LogP contribution in [-0.4, -0.2) is 5.78 Å². The number of hydrogen-bond acceptors (Lipinski definition) is 2. The van der Waals surface area contributed by atoms with Gasteiger partial charge in [-0.25, -0.2) is 4.39 Å². The number of carbonyl (C=O) groups excluding carboxylic acids is 1. The van der Waals surface area contributed by atoms with E-state index in [1.54, 1.807) is 0 Å². The predicted octanol–water partition coefficient (Wildman–Crippen LogP) is 3.95. The molecule has 2 rings (SSSR count). The van der Waals surface area contributed by atoms with Crippen molar-refractivity contribution in [3.63, 3.8) is 0 Å². The molecule has 0 spiro atoms. The molecule has 2 aromatic carbocycles. The van der Waals surface area contributed by atoms with Crippen LogP contribution in [0, 0.1) is 5.82 Å². The number of carbonyl (C=O) groups is 1. The van der Waals surface area contributed by atoms with Gasteiger partial charge in [0.15, 0.2) is 5.78 Å². The topological polar surface area (TPSA) is 43.1 Å². The van der Waals surface area contributed by atoms with E-state index in [0.29, 0.717) is 10.6 Å². The second-order valence-electron chi connectivity index (χ2n) is 3.73. The van der Waals surface area contributed by atoms with Crippen molar-refractivity contribution in [2.75, 3.05) is 5.73 Å². The number of hydrogen-bond donors (Lipinski definition) is 1. The van der Waals surface area contributed by atoms with Crippen molar-refractivity contribution >= 4 is 34.7 Å². The van der Waals surface area contributed by atoms with E-state index in [2.05, 4.69) is 0 Å². The Labute approximate surface area is 113 Å². The van der Waals surface area contributed by atoms with Gasteiger partial charge in [0, 0.05) is 16.8 Å². The first kappa shape index (κ1) is 12.9. The summed E-state index contributed by atoms with van der Waals surface area (Å²) in [5.74, 6) is -0.918. The van der Waals surface area contributed by atoms with Crippen molar-refractivity contribution < 1.29 is 9.18 Å². The monoisotopic (exact) mass is 283 g/mol. The molecule has 2 nitrogen and oxygen atoms in total. The quantitative estimate of drug-likeness (QED) is 0.670. The Morgan fingerprint density at radius 1 is 1.00 bits per heavy atom. The van der Waals surface area contributed by atoms with E-state index in [4.69, 9.17) is 28.9 Å². The minimum atomic E-state index is -0.557. The normalized spacial score (nSPS) is 10.4. The first-order valence-electron chi connectivity index (χ1n) is 5.03. The summed E-state index contributed by atoms with van der Waals surface area (Å²) >= 11 is 11.6. The van der Waals surface area contributed by atoms with Crippen LogP contribution in [0.5, 0.6) is 0 Å². The van der Waals surface area contributed by atoms with Crippen LogP contribution in [0.25, 0.3) is 0 Å². The summed E-state index contributed by atoms with van der Waals surface area (Å²) in [5.41, 5.74) is 6.18. The van der Waals surface area contributed by atoms with Crippen LogP contribution in [0.1, 0.15) is 15.9 Å². The average Bonchev–Trinajstić information content (AvgIpc) is 2.30. The maximum atomic E-state index is 13.2. The first-order valence-corrected chi connectivity index (χ1v) is 5.79. The lowest BCUT2D eigenvalue weighted by Crippen LogP contribution is -2.03. The van der Waals surface area contributed by atoms with E-state index < -0.39 is 5.82 Å². The highest BCUT2D eigenvalue weighted by molar-refractivity contribution is 6.42. The van der Waals surface area contributed by atoms with E-state index >= 15 is 0 Å². The van der Waals surface area contributed by atoms with Crippen LogP contribution in [0.4, 0.5) is 10.1 Å². The van der Waals surface area contributed by atoms with Crippen molar-refractivity contribution in [1.29, 1.82) is 0 Å². The average molecular weight is 284 g/mol. The lowest BCUT2D eigenvalue weighted by molar-refractivity contribution is 0.103. The molecule has 0 aromatic heterocycles. The number of ketones is 1. The molecular weight excluding hydrogens is 276 g/mol. The van der Waals surface area contributed by atoms with Crippen LogP contribution in [0.2, 0.25) is 10.0 Å². The predicted molar refractivity (Wildman–Crippen MR) is 70.7 cm³/mol. The zero-order valence-electron chi connectivity index (χ0n) is 9.08. The van der Waals surface area contributed by atoms with Gasteiger partial charge in [0.2, 0.25) is 0 Å². The fraction of sp³-hybridized carbons (Fsp3) is 0. The lowest BCUT2D eigenvalue weighted by atomic mass is 10.0. The minimum absolute atomic E-state index is 0.172. The van der Waals surface area contributed by atoms with E-state index in [1.807, 2.05) is 0 Å². The molecule has 0 bridgehead atoms. The standard InChI is InChI=1S/C13H8Cl2FNO/c14-11-2-1-7(5-12(11)15)13(18)8-3-9(16)6-10(17)4-8/h1-6H,17H2. The van der Waals surface area contributed by atoms with Gasteiger partial charge in [0.05, 0.1) is 10.0 Å². The van der Waals surface area contributed by atoms with Gasteiger partial charge in [-0.1, -0.05) is 23.2 Å². The van der Waals surface area contributed by atoms with Gasteiger partial charge in [-0.3, -0.25) is 4.79 Å². The molecule has 0 saturated carbocycles. The third-order valence-corrected chi connectivity index (χ3v) is 3.10. The Morgan fingerprint density at radius 2 is 1.72 bits per heavy atom. The summed E-state index contributed by atoms with van der Waals surface area (Å²) in [4.78, 5) is 12.1. The summed E-state index contributed by atoms with van der Waals surface area (Å²) in [7, 11) is 0. The van der Waals surface area contributed by atoms with Crippen LogP contribution >= 0.6 is 23.2 Å². The molecule has 2 N–H and O–H groups in total. The molecule has 0 amide bonds. The summed E-state index contributed by atoms with van der Waals surface area (Å²) < 4.78 is 13.2. The maximum Gasteiger partial charge on any atom is 0.193 e. The number of benzene rings is 2. The third kappa shape index (κ3) is 2.63. The molecule has 0 aliphatic rings.